The zero-order valence-corrected chi connectivity index (χ0v) is 11.2. The molecule has 0 aromatic carbocycles. The van der Waals surface area contributed by atoms with Crippen molar-refractivity contribution in [3.05, 3.63) is 0 Å². The molecule has 1 aliphatic carbocycles. The normalized spacial score (nSPS) is 19.9. The molecule has 18 heavy (non-hydrogen) atoms. The second-order valence-corrected chi connectivity index (χ2v) is 5.20. The minimum atomic E-state index is 0.0261. The molecule has 0 unspecified atom stereocenters. The first kappa shape index (κ1) is 13.1. The van der Waals surface area contributed by atoms with Crippen LogP contribution >= 0.6 is 0 Å². The smallest absolute Gasteiger partial charge is 0.319 e. The molecule has 1 aliphatic heterocycles. The second-order valence-electron chi connectivity index (χ2n) is 5.20. The lowest BCUT2D eigenvalue weighted by Gasteiger charge is -2.36. The maximum atomic E-state index is 11.9. The number of hydrogen-bond acceptors (Lipinski definition) is 3. The predicted octanol–water partition coefficient (Wildman–Crippen LogP) is -0.436. The molecule has 0 atom stereocenters. The quantitative estimate of drug-likeness (QED) is 0.743. The molecule has 2 aliphatic rings. The molecule has 6 nitrogen and oxygen atoms in total. The first-order chi connectivity index (χ1) is 8.58. The second kappa shape index (κ2) is 5.56. The van der Waals surface area contributed by atoms with Crippen molar-refractivity contribution in [3.8, 4) is 0 Å². The van der Waals surface area contributed by atoms with E-state index >= 15 is 0 Å². The molecule has 102 valence electrons. The van der Waals surface area contributed by atoms with Gasteiger partial charge in [-0.05, 0) is 12.8 Å². The van der Waals surface area contributed by atoms with Crippen molar-refractivity contribution in [2.75, 3.05) is 46.8 Å². The van der Waals surface area contributed by atoms with Gasteiger partial charge >= 0.3 is 6.03 Å². The summed E-state index contributed by atoms with van der Waals surface area (Å²) in [6, 6.07) is 0.587. The zero-order valence-electron chi connectivity index (χ0n) is 11.2. The van der Waals surface area contributed by atoms with Crippen molar-refractivity contribution in [2.24, 2.45) is 0 Å². The third-order valence-corrected chi connectivity index (χ3v) is 3.40. The van der Waals surface area contributed by atoms with Gasteiger partial charge in [0.05, 0.1) is 6.54 Å². The number of amides is 3. The van der Waals surface area contributed by atoms with E-state index in [1.165, 1.54) is 12.8 Å². The average molecular weight is 254 g/mol. The number of hydrogen-bond donors (Lipinski definition) is 1. The van der Waals surface area contributed by atoms with Crippen LogP contribution in [0.5, 0.6) is 0 Å². The van der Waals surface area contributed by atoms with Crippen molar-refractivity contribution < 1.29 is 9.59 Å². The number of piperazine rings is 1. The highest BCUT2D eigenvalue weighted by atomic mass is 16.2. The van der Waals surface area contributed by atoms with Gasteiger partial charge < -0.3 is 20.0 Å². The van der Waals surface area contributed by atoms with Crippen LogP contribution < -0.4 is 5.32 Å². The summed E-state index contributed by atoms with van der Waals surface area (Å²) in [6.07, 6.45) is 2.39. The summed E-state index contributed by atoms with van der Waals surface area (Å²) in [4.78, 5) is 28.8. The van der Waals surface area contributed by atoms with Gasteiger partial charge in [0.25, 0.3) is 0 Å². The third kappa shape index (κ3) is 3.35. The molecule has 2 fully saturated rings. The minimum Gasteiger partial charge on any atom is -0.338 e. The van der Waals surface area contributed by atoms with Gasteiger partial charge in [-0.15, -0.1) is 0 Å². The Kier molecular flexibility index (Phi) is 4.06. The Morgan fingerprint density at radius 1 is 1.11 bits per heavy atom. The third-order valence-electron chi connectivity index (χ3n) is 3.40. The fraction of sp³-hybridized carbons (Fsp3) is 0.833. The molecular formula is C12H22N4O2. The number of rotatable bonds is 3. The van der Waals surface area contributed by atoms with Gasteiger partial charge in [-0.3, -0.25) is 4.79 Å². The Balaban J connectivity index is 1.71. The van der Waals surface area contributed by atoms with Crippen LogP contribution in [0.3, 0.4) is 0 Å². The van der Waals surface area contributed by atoms with E-state index in [0.717, 1.165) is 0 Å². The number of nitrogens with one attached hydrogen (secondary N) is 1. The van der Waals surface area contributed by atoms with E-state index < -0.39 is 0 Å². The van der Waals surface area contributed by atoms with Crippen LogP contribution in [0, 0.1) is 0 Å². The Hall–Kier alpha value is -1.30. The summed E-state index contributed by atoms with van der Waals surface area (Å²) < 4.78 is 0. The molecule has 1 saturated heterocycles. The molecule has 2 rings (SSSR count). The molecule has 1 heterocycles. The van der Waals surface area contributed by atoms with E-state index in [9.17, 15) is 9.59 Å². The lowest BCUT2D eigenvalue weighted by atomic mass is 10.3. The van der Waals surface area contributed by atoms with Gasteiger partial charge in [0.15, 0.2) is 0 Å². The molecule has 0 aromatic rings. The van der Waals surface area contributed by atoms with Crippen molar-refractivity contribution in [1.82, 2.24) is 20.0 Å². The van der Waals surface area contributed by atoms with Crippen LogP contribution in [0.15, 0.2) is 0 Å². The summed E-state index contributed by atoms with van der Waals surface area (Å²) in [5, 5.41) is 3.23. The molecule has 3 amide bonds. The van der Waals surface area contributed by atoms with Gasteiger partial charge in [-0.2, -0.15) is 0 Å². The van der Waals surface area contributed by atoms with Gasteiger partial charge in [-0.1, -0.05) is 0 Å². The molecule has 0 spiro atoms. The maximum Gasteiger partial charge on any atom is 0.319 e. The molecule has 0 radical (unpaired) electrons. The molecule has 0 aromatic heterocycles. The van der Waals surface area contributed by atoms with Gasteiger partial charge in [0.2, 0.25) is 5.91 Å². The summed E-state index contributed by atoms with van der Waals surface area (Å²) in [5.41, 5.74) is 0. The van der Waals surface area contributed by atoms with Crippen molar-refractivity contribution in [2.45, 2.75) is 18.9 Å². The van der Waals surface area contributed by atoms with E-state index in [1.807, 2.05) is 4.90 Å². The van der Waals surface area contributed by atoms with Crippen molar-refractivity contribution >= 4 is 11.9 Å². The lowest BCUT2D eigenvalue weighted by Crippen LogP contribution is -2.54. The number of nitrogens with zero attached hydrogens (tertiary/aromatic N) is 3. The summed E-state index contributed by atoms with van der Waals surface area (Å²) >= 11 is 0. The summed E-state index contributed by atoms with van der Waals surface area (Å²) in [7, 11) is 3.50. The highest BCUT2D eigenvalue weighted by Crippen LogP contribution is 2.18. The average Bonchev–Trinajstić information content (AvgIpc) is 3.19. The SMILES string of the molecule is CN(C)C(=O)N1CCN(C(=O)CNC2CC2)CC1. The monoisotopic (exact) mass is 254 g/mol. The summed E-state index contributed by atoms with van der Waals surface area (Å²) in [6.45, 7) is 2.99. The van der Waals surface area contributed by atoms with Crippen LogP contribution in [0.4, 0.5) is 4.79 Å². The van der Waals surface area contributed by atoms with Crippen molar-refractivity contribution in [3.63, 3.8) is 0 Å². The highest BCUT2D eigenvalue weighted by Gasteiger charge is 2.26. The Morgan fingerprint density at radius 2 is 1.67 bits per heavy atom. The molecule has 0 bridgehead atoms. The lowest BCUT2D eigenvalue weighted by molar-refractivity contribution is -0.131. The molecular weight excluding hydrogens is 232 g/mol. The molecule has 6 heteroatoms. The van der Waals surface area contributed by atoms with E-state index in [-0.39, 0.29) is 11.9 Å². The largest absolute Gasteiger partial charge is 0.338 e. The Morgan fingerprint density at radius 3 is 2.17 bits per heavy atom. The fourth-order valence-corrected chi connectivity index (χ4v) is 2.06. The van der Waals surface area contributed by atoms with Crippen LogP contribution in [0.1, 0.15) is 12.8 Å². The summed E-state index contributed by atoms with van der Waals surface area (Å²) in [5.74, 6) is 0.152. The van der Waals surface area contributed by atoms with Crippen LogP contribution in [-0.4, -0.2) is 79.5 Å². The van der Waals surface area contributed by atoms with Crippen molar-refractivity contribution in [1.29, 1.82) is 0 Å². The number of carbonyl (C=O) groups is 2. The predicted molar refractivity (Wildman–Crippen MR) is 68.3 cm³/mol. The van der Waals surface area contributed by atoms with Gasteiger partial charge in [0.1, 0.15) is 0 Å². The van der Waals surface area contributed by atoms with E-state index in [2.05, 4.69) is 5.32 Å². The number of urea groups is 1. The van der Waals surface area contributed by atoms with E-state index in [0.29, 0.717) is 38.8 Å². The standard InChI is InChI=1S/C12H22N4O2/c1-14(2)12(18)16-7-5-15(6-8-16)11(17)9-13-10-3-4-10/h10,13H,3-9H2,1-2H3. The van der Waals surface area contributed by atoms with E-state index in [4.69, 9.17) is 0 Å². The topological polar surface area (TPSA) is 55.9 Å². The van der Waals surface area contributed by atoms with Crippen LogP contribution in [-0.2, 0) is 4.79 Å². The molecule has 1 N–H and O–H groups in total. The van der Waals surface area contributed by atoms with Crippen LogP contribution in [0.2, 0.25) is 0 Å². The Bertz CT molecular complexity index is 320. The first-order valence-corrected chi connectivity index (χ1v) is 6.55. The first-order valence-electron chi connectivity index (χ1n) is 6.55. The van der Waals surface area contributed by atoms with Gasteiger partial charge in [0, 0.05) is 46.3 Å². The number of carbonyl (C=O) groups excluding carboxylic acids is 2. The molecule has 1 saturated carbocycles. The van der Waals surface area contributed by atoms with Crippen LogP contribution in [0.25, 0.3) is 0 Å². The minimum absolute atomic E-state index is 0.0261. The zero-order chi connectivity index (χ0) is 13.1. The highest BCUT2D eigenvalue weighted by molar-refractivity contribution is 5.79. The maximum absolute atomic E-state index is 11.9. The fourth-order valence-electron chi connectivity index (χ4n) is 2.06. The van der Waals surface area contributed by atoms with E-state index in [1.54, 1.807) is 23.9 Å². The Labute approximate surface area is 108 Å². The van der Waals surface area contributed by atoms with Gasteiger partial charge in [-0.25, -0.2) is 4.79 Å².